The predicted octanol–water partition coefficient (Wildman–Crippen LogP) is 0.978. The number of esters is 1. The second kappa shape index (κ2) is 4.67. The molecule has 5 atom stereocenters. The van der Waals surface area contributed by atoms with Gasteiger partial charge >= 0.3 is 5.97 Å². The van der Waals surface area contributed by atoms with Gasteiger partial charge in [0.15, 0.2) is 0 Å². The van der Waals surface area contributed by atoms with Crippen LogP contribution in [0.15, 0.2) is 0 Å². The number of aliphatic hydroxyl groups is 1. The van der Waals surface area contributed by atoms with Crippen LogP contribution in [-0.4, -0.2) is 43.1 Å². The van der Waals surface area contributed by atoms with Gasteiger partial charge in [0, 0.05) is 18.8 Å². The number of ether oxygens (including phenoxy) is 1. The number of hydrogen-bond acceptors (Lipinski definition) is 6. The largest absolute Gasteiger partial charge is 0.458 e. The van der Waals surface area contributed by atoms with Crippen molar-refractivity contribution in [3.8, 4) is 0 Å². The summed E-state index contributed by atoms with van der Waals surface area (Å²) in [6, 6.07) is 0. The van der Waals surface area contributed by atoms with Gasteiger partial charge in [-0.3, -0.25) is 8.98 Å². The molecule has 0 saturated heterocycles. The lowest BCUT2D eigenvalue weighted by atomic mass is 9.46. The lowest BCUT2D eigenvalue weighted by Gasteiger charge is -2.66. The van der Waals surface area contributed by atoms with Gasteiger partial charge in [0.25, 0.3) is 10.1 Å². The molecule has 0 aromatic heterocycles. The Kier molecular flexibility index (Phi) is 3.39. The summed E-state index contributed by atoms with van der Waals surface area (Å²) in [7, 11) is -3.62. The van der Waals surface area contributed by atoms with E-state index in [0.29, 0.717) is 6.42 Å². The zero-order valence-electron chi connectivity index (χ0n) is 12.4. The van der Waals surface area contributed by atoms with Gasteiger partial charge in [-0.25, -0.2) is 0 Å². The summed E-state index contributed by atoms with van der Waals surface area (Å²) in [5.74, 6) is -0.775. The molecule has 0 radical (unpaired) electrons. The molecular formula is C14H22O6S. The van der Waals surface area contributed by atoms with Crippen LogP contribution in [0.5, 0.6) is 0 Å². The normalized spacial score (nSPS) is 45.4. The Hall–Kier alpha value is -0.660. The Labute approximate surface area is 124 Å². The van der Waals surface area contributed by atoms with Crippen molar-refractivity contribution in [3.63, 3.8) is 0 Å². The Morgan fingerprint density at radius 3 is 2.38 bits per heavy atom. The van der Waals surface area contributed by atoms with Crippen LogP contribution in [-0.2, 0) is 23.8 Å². The van der Waals surface area contributed by atoms with Gasteiger partial charge < -0.3 is 9.84 Å². The second-order valence-electron chi connectivity index (χ2n) is 6.65. The molecule has 3 fully saturated rings. The van der Waals surface area contributed by atoms with Gasteiger partial charge in [-0.15, -0.1) is 0 Å². The minimum atomic E-state index is -3.62. The molecule has 0 amide bonds. The van der Waals surface area contributed by atoms with Crippen molar-refractivity contribution < 1.29 is 27.2 Å². The van der Waals surface area contributed by atoms with Crippen LogP contribution in [0.1, 0.15) is 45.4 Å². The van der Waals surface area contributed by atoms with E-state index in [2.05, 4.69) is 0 Å². The molecule has 0 bridgehead atoms. The smallest absolute Gasteiger partial charge is 0.303 e. The molecule has 0 heterocycles. The van der Waals surface area contributed by atoms with E-state index in [4.69, 9.17) is 8.92 Å². The number of carbonyl (C=O) groups excluding carboxylic acids is 1. The summed E-state index contributed by atoms with van der Waals surface area (Å²) in [5.41, 5.74) is -1.80. The third-order valence-corrected chi connectivity index (χ3v) is 6.04. The first-order valence-corrected chi connectivity index (χ1v) is 9.32. The molecule has 3 saturated carbocycles. The van der Waals surface area contributed by atoms with Gasteiger partial charge in [-0.05, 0) is 32.1 Å². The summed E-state index contributed by atoms with van der Waals surface area (Å²) >= 11 is 0. The summed E-state index contributed by atoms with van der Waals surface area (Å²) in [4.78, 5) is 11.4. The molecule has 3 aliphatic rings. The second-order valence-corrected chi connectivity index (χ2v) is 8.25. The van der Waals surface area contributed by atoms with Gasteiger partial charge in [0.05, 0.1) is 6.26 Å². The standard InChI is InChI=1S/C14H22O6S/c1-9(15)19-13-8-4-6-11(13)14(16)10(13)5-3-7-12(14)20-21(2,17)18/h10-12,16H,3-8H2,1-2H3/t10-,11+,12+,13+,14-/m1/s1. The zero-order chi connectivity index (χ0) is 15.5. The van der Waals surface area contributed by atoms with Gasteiger partial charge in [-0.1, -0.05) is 6.42 Å². The average Bonchev–Trinajstić information content (AvgIpc) is 2.70. The zero-order valence-corrected chi connectivity index (χ0v) is 13.2. The molecule has 6 nitrogen and oxygen atoms in total. The van der Waals surface area contributed by atoms with Crippen molar-refractivity contribution >= 4 is 16.1 Å². The molecule has 3 rings (SSSR count). The van der Waals surface area contributed by atoms with Crippen LogP contribution in [0.2, 0.25) is 0 Å². The first-order valence-electron chi connectivity index (χ1n) is 7.50. The van der Waals surface area contributed by atoms with Gasteiger partial charge in [0.1, 0.15) is 17.3 Å². The van der Waals surface area contributed by atoms with E-state index >= 15 is 0 Å². The molecule has 0 aromatic carbocycles. The van der Waals surface area contributed by atoms with Crippen molar-refractivity contribution in [2.24, 2.45) is 11.8 Å². The SMILES string of the molecule is CC(=O)O[C@]12CCC[C@@H]1[C@@]1(O)[C@@H](OS(C)(=O)=O)CCC[C@H]21. The summed E-state index contributed by atoms with van der Waals surface area (Å²) in [6.45, 7) is 1.38. The van der Waals surface area contributed by atoms with E-state index < -0.39 is 27.4 Å². The molecule has 0 aliphatic heterocycles. The van der Waals surface area contributed by atoms with E-state index in [1.807, 2.05) is 0 Å². The summed E-state index contributed by atoms with van der Waals surface area (Å²) < 4.78 is 33.7. The molecular weight excluding hydrogens is 296 g/mol. The lowest BCUT2D eigenvalue weighted by molar-refractivity contribution is -0.321. The van der Waals surface area contributed by atoms with E-state index in [1.54, 1.807) is 0 Å². The van der Waals surface area contributed by atoms with Crippen LogP contribution >= 0.6 is 0 Å². The third kappa shape index (κ3) is 2.12. The van der Waals surface area contributed by atoms with Crippen LogP contribution in [0, 0.1) is 11.8 Å². The van der Waals surface area contributed by atoms with E-state index in [1.165, 1.54) is 6.92 Å². The fourth-order valence-electron chi connectivity index (χ4n) is 5.04. The fraction of sp³-hybridized carbons (Fsp3) is 0.929. The van der Waals surface area contributed by atoms with Crippen LogP contribution in [0.4, 0.5) is 0 Å². The lowest BCUT2D eigenvalue weighted by Crippen LogP contribution is -2.78. The molecule has 0 unspecified atom stereocenters. The maximum Gasteiger partial charge on any atom is 0.303 e. The first-order chi connectivity index (χ1) is 9.70. The number of carbonyl (C=O) groups is 1. The Balaban J connectivity index is 1.91. The van der Waals surface area contributed by atoms with Crippen molar-refractivity contribution in [1.82, 2.24) is 0 Å². The monoisotopic (exact) mass is 318 g/mol. The summed E-state index contributed by atoms with van der Waals surface area (Å²) in [5, 5.41) is 11.1. The highest BCUT2D eigenvalue weighted by Crippen LogP contribution is 2.67. The number of rotatable bonds is 3. The number of fused-ring (bicyclic) bond motifs is 4. The van der Waals surface area contributed by atoms with Crippen molar-refractivity contribution in [2.75, 3.05) is 6.26 Å². The Morgan fingerprint density at radius 2 is 1.81 bits per heavy atom. The van der Waals surface area contributed by atoms with Crippen molar-refractivity contribution in [1.29, 1.82) is 0 Å². The van der Waals surface area contributed by atoms with E-state index in [0.717, 1.165) is 38.4 Å². The quantitative estimate of drug-likeness (QED) is 0.616. The molecule has 21 heavy (non-hydrogen) atoms. The van der Waals surface area contributed by atoms with Gasteiger partial charge in [-0.2, -0.15) is 8.42 Å². The third-order valence-electron chi connectivity index (χ3n) is 5.46. The van der Waals surface area contributed by atoms with Crippen LogP contribution < -0.4 is 0 Å². The molecule has 0 spiro atoms. The van der Waals surface area contributed by atoms with Crippen LogP contribution in [0.25, 0.3) is 0 Å². The van der Waals surface area contributed by atoms with Gasteiger partial charge in [0.2, 0.25) is 0 Å². The molecule has 1 N–H and O–H groups in total. The Bertz CT molecular complexity index is 558. The highest BCUT2D eigenvalue weighted by molar-refractivity contribution is 7.86. The molecule has 7 heteroatoms. The fourth-order valence-corrected chi connectivity index (χ4v) is 5.71. The molecule has 0 aromatic rings. The average molecular weight is 318 g/mol. The molecule has 3 aliphatic carbocycles. The van der Waals surface area contributed by atoms with Crippen molar-refractivity contribution in [3.05, 3.63) is 0 Å². The van der Waals surface area contributed by atoms with Crippen molar-refractivity contribution in [2.45, 2.75) is 62.8 Å². The van der Waals surface area contributed by atoms with Crippen LogP contribution in [0.3, 0.4) is 0 Å². The minimum Gasteiger partial charge on any atom is -0.458 e. The summed E-state index contributed by atoms with van der Waals surface area (Å²) in [6.07, 6.45) is 4.67. The highest BCUT2D eigenvalue weighted by Gasteiger charge is 2.77. The molecule has 120 valence electrons. The Morgan fingerprint density at radius 1 is 1.19 bits per heavy atom. The highest BCUT2D eigenvalue weighted by atomic mass is 32.2. The first kappa shape index (κ1) is 15.2. The topological polar surface area (TPSA) is 89.9 Å². The predicted molar refractivity (Wildman–Crippen MR) is 73.8 cm³/mol. The van der Waals surface area contributed by atoms with E-state index in [-0.39, 0.29) is 17.8 Å². The minimum absolute atomic E-state index is 0.217. The maximum absolute atomic E-state index is 11.4. The van der Waals surface area contributed by atoms with E-state index in [9.17, 15) is 18.3 Å². The maximum atomic E-state index is 11.4. The number of hydrogen-bond donors (Lipinski definition) is 1.